The second-order valence-corrected chi connectivity index (χ2v) is 5.99. The molecule has 2 aromatic carbocycles. The molecule has 0 aliphatic heterocycles. The highest BCUT2D eigenvalue weighted by molar-refractivity contribution is 9.10. The van der Waals surface area contributed by atoms with Crippen LogP contribution < -0.4 is 5.32 Å². The van der Waals surface area contributed by atoms with E-state index < -0.39 is 5.82 Å². The third kappa shape index (κ3) is 4.25. The lowest BCUT2D eigenvalue weighted by atomic mass is 9.98. The zero-order valence-corrected chi connectivity index (χ0v) is 13.8. The molecule has 1 unspecified atom stereocenters. The molecule has 0 heterocycles. The van der Waals surface area contributed by atoms with Crippen LogP contribution in [0.25, 0.3) is 0 Å². The molecule has 0 radical (unpaired) electrons. The fourth-order valence-electron chi connectivity index (χ4n) is 2.22. The average molecular weight is 375 g/mol. The molecular formula is C16H15BrClF2N. The smallest absolute Gasteiger partial charge is 0.141 e. The topological polar surface area (TPSA) is 12.0 Å². The number of likely N-dealkylation sites (N-methyl/N-ethyl adjacent to an activating group) is 1. The van der Waals surface area contributed by atoms with Crippen molar-refractivity contribution in [2.45, 2.75) is 19.4 Å². The standard InChI is InChI=1S/C16H15BrClF2N/c1-2-21-16(12-9-11(19)4-5-13(12)17)8-10-3-6-15(20)14(18)7-10/h3-7,9,16,21H,2,8H2,1H3. The first-order valence-electron chi connectivity index (χ1n) is 6.63. The minimum absolute atomic E-state index is 0.0818. The molecule has 0 bridgehead atoms. The Morgan fingerprint density at radius 3 is 2.62 bits per heavy atom. The van der Waals surface area contributed by atoms with Gasteiger partial charge >= 0.3 is 0 Å². The van der Waals surface area contributed by atoms with Gasteiger partial charge in [0.05, 0.1) is 5.02 Å². The molecule has 0 spiro atoms. The van der Waals surface area contributed by atoms with Crippen molar-refractivity contribution in [3.05, 3.63) is 68.7 Å². The molecule has 2 aromatic rings. The largest absolute Gasteiger partial charge is 0.310 e. The van der Waals surface area contributed by atoms with Gasteiger partial charge in [0.15, 0.2) is 0 Å². The number of hydrogen-bond donors (Lipinski definition) is 1. The molecule has 0 aromatic heterocycles. The Morgan fingerprint density at radius 1 is 1.19 bits per heavy atom. The van der Waals surface area contributed by atoms with Gasteiger partial charge in [0.25, 0.3) is 0 Å². The highest BCUT2D eigenvalue weighted by Crippen LogP contribution is 2.28. The molecule has 0 amide bonds. The fourth-order valence-corrected chi connectivity index (χ4v) is 2.95. The van der Waals surface area contributed by atoms with Gasteiger partial charge in [-0.3, -0.25) is 0 Å². The fraction of sp³-hybridized carbons (Fsp3) is 0.250. The first kappa shape index (κ1) is 16.4. The van der Waals surface area contributed by atoms with Gasteiger partial charge in [0.1, 0.15) is 11.6 Å². The number of benzene rings is 2. The third-order valence-electron chi connectivity index (χ3n) is 3.21. The van der Waals surface area contributed by atoms with Crippen molar-refractivity contribution < 1.29 is 8.78 Å². The van der Waals surface area contributed by atoms with Crippen molar-refractivity contribution in [3.8, 4) is 0 Å². The summed E-state index contributed by atoms with van der Waals surface area (Å²) >= 11 is 9.26. The van der Waals surface area contributed by atoms with E-state index in [1.807, 2.05) is 6.92 Å². The van der Waals surface area contributed by atoms with E-state index in [0.29, 0.717) is 6.42 Å². The number of nitrogens with one attached hydrogen (secondary N) is 1. The maximum Gasteiger partial charge on any atom is 0.141 e. The number of rotatable bonds is 5. The minimum atomic E-state index is -0.438. The summed E-state index contributed by atoms with van der Waals surface area (Å²) in [4.78, 5) is 0. The molecule has 0 saturated heterocycles. The van der Waals surface area contributed by atoms with Gasteiger partial charge in [-0.1, -0.05) is 40.5 Å². The van der Waals surface area contributed by atoms with Gasteiger partial charge in [0.2, 0.25) is 0 Å². The van der Waals surface area contributed by atoms with Crippen LogP contribution in [-0.4, -0.2) is 6.54 Å². The predicted molar refractivity (Wildman–Crippen MR) is 85.6 cm³/mol. The monoisotopic (exact) mass is 373 g/mol. The lowest BCUT2D eigenvalue weighted by molar-refractivity contribution is 0.540. The molecule has 112 valence electrons. The first-order chi connectivity index (χ1) is 10.0. The van der Waals surface area contributed by atoms with Crippen LogP contribution in [0.1, 0.15) is 24.1 Å². The van der Waals surface area contributed by atoms with Crippen LogP contribution in [0.4, 0.5) is 8.78 Å². The van der Waals surface area contributed by atoms with Gasteiger partial charge < -0.3 is 5.32 Å². The van der Waals surface area contributed by atoms with E-state index in [2.05, 4.69) is 21.2 Å². The Balaban J connectivity index is 2.30. The van der Waals surface area contributed by atoms with E-state index in [0.717, 1.165) is 22.1 Å². The molecule has 5 heteroatoms. The predicted octanol–water partition coefficient (Wildman–Crippen LogP) is 5.27. The molecular weight excluding hydrogens is 360 g/mol. The SMILES string of the molecule is CCNC(Cc1ccc(F)c(Cl)c1)c1cc(F)ccc1Br. The zero-order chi connectivity index (χ0) is 15.4. The molecule has 0 saturated carbocycles. The molecule has 0 aliphatic carbocycles. The third-order valence-corrected chi connectivity index (χ3v) is 4.22. The van der Waals surface area contributed by atoms with Crippen molar-refractivity contribution in [1.29, 1.82) is 0 Å². The Kier molecular flexibility index (Phi) is 5.73. The normalized spacial score (nSPS) is 12.4. The molecule has 1 nitrogen and oxygen atoms in total. The summed E-state index contributed by atoms with van der Waals surface area (Å²) in [6, 6.07) is 9.16. The number of halogens is 4. The molecule has 1 N–H and O–H groups in total. The second kappa shape index (κ2) is 7.34. The summed E-state index contributed by atoms with van der Waals surface area (Å²) in [6.45, 7) is 2.72. The van der Waals surface area contributed by atoms with E-state index in [9.17, 15) is 8.78 Å². The summed E-state index contributed by atoms with van der Waals surface area (Å²) in [5, 5.41) is 3.41. The maximum atomic E-state index is 13.5. The van der Waals surface area contributed by atoms with E-state index >= 15 is 0 Å². The Hall–Kier alpha value is -0.970. The van der Waals surface area contributed by atoms with Crippen LogP contribution >= 0.6 is 27.5 Å². The molecule has 2 rings (SSSR count). The lowest BCUT2D eigenvalue weighted by Gasteiger charge is -2.20. The van der Waals surface area contributed by atoms with Crippen LogP contribution in [0.3, 0.4) is 0 Å². The maximum absolute atomic E-state index is 13.5. The van der Waals surface area contributed by atoms with Crippen molar-refractivity contribution in [2.75, 3.05) is 6.54 Å². The highest BCUT2D eigenvalue weighted by Gasteiger charge is 2.16. The summed E-state index contributed by atoms with van der Waals surface area (Å²) in [5.41, 5.74) is 1.72. The van der Waals surface area contributed by atoms with E-state index in [1.165, 1.54) is 18.2 Å². The first-order valence-corrected chi connectivity index (χ1v) is 7.80. The van der Waals surface area contributed by atoms with Gasteiger partial charge in [-0.25, -0.2) is 8.78 Å². The second-order valence-electron chi connectivity index (χ2n) is 4.73. The van der Waals surface area contributed by atoms with Gasteiger partial charge in [-0.15, -0.1) is 0 Å². The Morgan fingerprint density at radius 2 is 1.95 bits per heavy atom. The van der Waals surface area contributed by atoms with Crippen LogP contribution in [-0.2, 0) is 6.42 Å². The summed E-state index contributed by atoms with van der Waals surface area (Å²) in [7, 11) is 0. The lowest BCUT2D eigenvalue weighted by Crippen LogP contribution is -2.23. The van der Waals surface area contributed by atoms with Crippen LogP contribution in [0, 0.1) is 11.6 Å². The van der Waals surface area contributed by atoms with Gasteiger partial charge in [-0.2, -0.15) is 0 Å². The Bertz CT molecular complexity index is 634. The van der Waals surface area contributed by atoms with Gasteiger partial charge in [-0.05, 0) is 54.4 Å². The van der Waals surface area contributed by atoms with E-state index in [1.54, 1.807) is 18.2 Å². The summed E-state index contributed by atoms with van der Waals surface area (Å²) < 4.78 is 27.5. The van der Waals surface area contributed by atoms with Crippen molar-refractivity contribution in [2.24, 2.45) is 0 Å². The summed E-state index contributed by atoms with van der Waals surface area (Å²) in [6.07, 6.45) is 0.593. The molecule has 1 atom stereocenters. The molecule has 0 fully saturated rings. The minimum Gasteiger partial charge on any atom is -0.310 e. The van der Waals surface area contributed by atoms with E-state index in [4.69, 9.17) is 11.6 Å². The van der Waals surface area contributed by atoms with Crippen LogP contribution in [0.5, 0.6) is 0 Å². The highest BCUT2D eigenvalue weighted by atomic mass is 79.9. The van der Waals surface area contributed by atoms with E-state index in [-0.39, 0.29) is 16.9 Å². The molecule has 21 heavy (non-hydrogen) atoms. The zero-order valence-electron chi connectivity index (χ0n) is 11.5. The average Bonchev–Trinajstić information content (AvgIpc) is 2.45. The summed E-state index contributed by atoms with van der Waals surface area (Å²) in [5.74, 6) is -0.722. The van der Waals surface area contributed by atoms with Crippen molar-refractivity contribution in [3.63, 3.8) is 0 Å². The number of hydrogen-bond acceptors (Lipinski definition) is 1. The quantitative estimate of drug-likeness (QED) is 0.751. The van der Waals surface area contributed by atoms with Crippen molar-refractivity contribution in [1.82, 2.24) is 5.32 Å². The van der Waals surface area contributed by atoms with Crippen molar-refractivity contribution >= 4 is 27.5 Å². The van der Waals surface area contributed by atoms with Crippen LogP contribution in [0.2, 0.25) is 5.02 Å². The van der Waals surface area contributed by atoms with Crippen LogP contribution in [0.15, 0.2) is 40.9 Å². The Labute approximate surface area is 136 Å². The molecule has 0 aliphatic rings. The van der Waals surface area contributed by atoms with Gasteiger partial charge in [0, 0.05) is 10.5 Å².